The third-order valence-corrected chi connectivity index (χ3v) is 5.48. The van der Waals surface area contributed by atoms with E-state index < -0.39 is 0 Å². The van der Waals surface area contributed by atoms with Gasteiger partial charge in [-0.05, 0) is 11.4 Å². The van der Waals surface area contributed by atoms with Gasteiger partial charge in [-0.2, -0.15) is 5.10 Å². The fourth-order valence-corrected chi connectivity index (χ4v) is 4.02. The molecule has 0 fully saturated rings. The summed E-state index contributed by atoms with van der Waals surface area (Å²) in [6, 6.07) is 4.12. The number of nitrogens with one attached hydrogen (secondary N) is 1. The Morgan fingerprint density at radius 2 is 2.16 bits per heavy atom. The van der Waals surface area contributed by atoms with Gasteiger partial charge in [0.2, 0.25) is 0 Å². The summed E-state index contributed by atoms with van der Waals surface area (Å²) in [7, 11) is 0. The molecule has 0 atom stereocenters. The molecule has 1 aliphatic rings. The summed E-state index contributed by atoms with van der Waals surface area (Å²) in [6.45, 7) is 9.48. The van der Waals surface area contributed by atoms with Gasteiger partial charge >= 0.3 is 0 Å². The molecule has 1 aliphatic heterocycles. The molecular formula is C19H23N5S. The molecule has 5 nitrogen and oxygen atoms in total. The predicted octanol–water partition coefficient (Wildman–Crippen LogP) is 3.78. The summed E-state index contributed by atoms with van der Waals surface area (Å²) in [4.78, 5) is 13.0. The average molecular weight is 353 g/mol. The topological polar surface area (TPSA) is 57.7 Å². The van der Waals surface area contributed by atoms with E-state index in [2.05, 4.69) is 52.3 Å². The summed E-state index contributed by atoms with van der Waals surface area (Å²) in [5, 5.41) is 9.51. The number of aromatic nitrogens is 4. The van der Waals surface area contributed by atoms with Crippen molar-refractivity contribution in [2.75, 3.05) is 6.54 Å². The molecule has 0 saturated heterocycles. The van der Waals surface area contributed by atoms with Crippen molar-refractivity contribution in [3.05, 3.63) is 52.4 Å². The molecule has 3 aromatic heterocycles. The van der Waals surface area contributed by atoms with Crippen molar-refractivity contribution in [2.45, 2.75) is 45.7 Å². The van der Waals surface area contributed by atoms with Crippen LogP contribution in [0.4, 0.5) is 0 Å². The third kappa shape index (κ3) is 3.37. The summed E-state index contributed by atoms with van der Waals surface area (Å²) < 4.78 is 0. The lowest BCUT2D eigenvalue weighted by molar-refractivity contribution is 0.241. The molecule has 0 aliphatic carbocycles. The highest BCUT2D eigenvalue weighted by Crippen LogP contribution is 2.27. The molecule has 0 spiro atoms. The van der Waals surface area contributed by atoms with Crippen LogP contribution in [0.1, 0.15) is 43.3 Å². The van der Waals surface area contributed by atoms with Gasteiger partial charge in [0.15, 0.2) is 5.82 Å². The Bertz CT molecular complexity index is 860. The van der Waals surface area contributed by atoms with Crippen molar-refractivity contribution in [3.63, 3.8) is 0 Å². The van der Waals surface area contributed by atoms with Crippen LogP contribution in [0.25, 0.3) is 10.7 Å². The van der Waals surface area contributed by atoms with E-state index >= 15 is 0 Å². The van der Waals surface area contributed by atoms with Crippen LogP contribution >= 0.6 is 11.3 Å². The first-order valence-corrected chi connectivity index (χ1v) is 9.52. The van der Waals surface area contributed by atoms with E-state index in [-0.39, 0.29) is 5.41 Å². The van der Waals surface area contributed by atoms with Crippen LogP contribution in [-0.2, 0) is 24.9 Å². The standard InChI is InChI=1S/C19H23N5S/c1-19(2,3)17-14(10-21-23-17)12-24-7-6-15-13(11-24)9-20-18(22-15)16-5-4-8-25-16/h4-5,8-10H,6-7,11-12H2,1-3H3,(H,21,23). The number of hydrogen-bond acceptors (Lipinski definition) is 5. The van der Waals surface area contributed by atoms with Gasteiger partial charge in [-0.1, -0.05) is 26.8 Å². The lowest BCUT2D eigenvalue weighted by Gasteiger charge is -2.29. The van der Waals surface area contributed by atoms with Gasteiger partial charge in [-0.3, -0.25) is 10.00 Å². The highest BCUT2D eigenvalue weighted by molar-refractivity contribution is 7.13. The molecule has 25 heavy (non-hydrogen) atoms. The van der Waals surface area contributed by atoms with Crippen molar-refractivity contribution in [2.24, 2.45) is 0 Å². The normalized spacial score (nSPS) is 15.3. The average Bonchev–Trinajstić information content (AvgIpc) is 3.25. The van der Waals surface area contributed by atoms with Crippen LogP contribution in [0.5, 0.6) is 0 Å². The number of H-pyrrole nitrogens is 1. The van der Waals surface area contributed by atoms with Crippen LogP contribution < -0.4 is 0 Å². The zero-order chi connectivity index (χ0) is 17.4. The van der Waals surface area contributed by atoms with E-state index in [4.69, 9.17) is 4.98 Å². The zero-order valence-electron chi connectivity index (χ0n) is 14.9. The lowest BCUT2D eigenvalue weighted by atomic mass is 9.89. The molecule has 4 heterocycles. The maximum Gasteiger partial charge on any atom is 0.169 e. The van der Waals surface area contributed by atoms with Crippen molar-refractivity contribution >= 4 is 11.3 Å². The van der Waals surface area contributed by atoms with E-state index in [1.54, 1.807) is 11.3 Å². The minimum Gasteiger partial charge on any atom is -0.294 e. The Hall–Kier alpha value is -2.05. The number of rotatable bonds is 3. The number of hydrogen-bond donors (Lipinski definition) is 1. The van der Waals surface area contributed by atoms with Crippen LogP contribution in [0.15, 0.2) is 29.9 Å². The molecule has 4 rings (SSSR count). The zero-order valence-corrected chi connectivity index (χ0v) is 15.7. The fraction of sp³-hybridized carbons (Fsp3) is 0.421. The predicted molar refractivity (Wildman–Crippen MR) is 100 cm³/mol. The molecule has 1 N–H and O–H groups in total. The molecule has 0 unspecified atom stereocenters. The van der Waals surface area contributed by atoms with E-state index in [9.17, 15) is 0 Å². The minimum atomic E-state index is 0.0816. The third-order valence-electron chi connectivity index (χ3n) is 4.62. The number of thiophene rings is 1. The molecule has 0 aromatic carbocycles. The van der Waals surface area contributed by atoms with Crippen LogP contribution in [0.2, 0.25) is 0 Å². The van der Waals surface area contributed by atoms with Crippen LogP contribution in [-0.4, -0.2) is 31.6 Å². The second kappa shape index (κ2) is 6.35. The molecule has 6 heteroatoms. The molecule has 0 amide bonds. The number of fused-ring (bicyclic) bond motifs is 1. The maximum atomic E-state index is 4.80. The van der Waals surface area contributed by atoms with Gasteiger partial charge in [0.05, 0.1) is 16.8 Å². The molecule has 0 saturated carbocycles. The number of nitrogens with zero attached hydrogens (tertiary/aromatic N) is 4. The van der Waals surface area contributed by atoms with Gasteiger partial charge < -0.3 is 0 Å². The summed E-state index contributed by atoms with van der Waals surface area (Å²) >= 11 is 1.69. The van der Waals surface area contributed by atoms with Gasteiger partial charge in [0.25, 0.3) is 0 Å². The highest BCUT2D eigenvalue weighted by Gasteiger charge is 2.24. The smallest absolute Gasteiger partial charge is 0.169 e. The van der Waals surface area contributed by atoms with Gasteiger partial charge in [0.1, 0.15) is 0 Å². The first kappa shape index (κ1) is 16.4. The van der Waals surface area contributed by atoms with Gasteiger partial charge in [-0.15, -0.1) is 11.3 Å². The quantitative estimate of drug-likeness (QED) is 0.778. The largest absolute Gasteiger partial charge is 0.294 e. The SMILES string of the molecule is CC(C)(C)c1[nH]ncc1CN1CCc2nc(-c3cccs3)ncc2C1. The second-order valence-electron chi connectivity index (χ2n) is 7.62. The van der Waals surface area contributed by atoms with Gasteiger partial charge in [0, 0.05) is 54.5 Å². The van der Waals surface area contributed by atoms with Crippen molar-refractivity contribution < 1.29 is 0 Å². The molecule has 0 radical (unpaired) electrons. The number of aromatic amines is 1. The summed E-state index contributed by atoms with van der Waals surface area (Å²) in [5.74, 6) is 0.854. The van der Waals surface area contributed by atoms with Crippen LogP contribution in [0.3, 0.4) is 0 Å². The Morgan fingerprint density at radius 3 is 2.92 bits per heavy atom. The molecule has 130 valence electrons. The van der Waals surface area contributed by atoms with Crippen molar-refractivity contribution in [1.82, 2.24) is 25.1 Å². The van der Waals surface area contributed by atoms with Crippen molar-refractivity contribution in [1.29, 1.82) is 0 Å². The van der Waals surface area contributed by atoms with E-state index in [1.165, 1.54) is 22.5 Å². The molecule has 0 bridgehead atoms. The molecule has 3 aromatic rings. The van der Waals surface area contributed by atoms with Crippen LogP contribution in [0, 0.1) is 0 Å². The first-order chi connectivity index (χ1) is 12.0. The van der Waals surface area contributed by atoms with E-state index in [1.807, 2.05) is 18.5 Å². The monoisotopic (exact) mass is 353 g/mol. The fourth-order valence-electron chi connectivity index (χ4n) is 3.36. The van der Waals surface area contributed by atoms with E-state index in [0.29, 0.717) is 0 Å². The Kier molecular flexibility index (Phi) is 4.17. The minimum absolute atomic E-state index is 0.0816. The molecular weight excluding hydrogens is 330 g/mol. The van der Waals surface area contributed by atoms with Gasteiger partial charge in [-0.25, -0.2) is 9.97 Å². The van der Waals surface area contributed by atoms with E-state index in [0.717, 1.165) is 36.8 Å². The summed E-state index contributed by atoms with van der Waals surface area (Å²) in [6.07, 6.45) is 4.94. The maximum absolute atomic E-state index is 4.80. The Balaban J connectivity index is 1.51. The first-order valence-electron chi connectivity index (χ1n) is 8.64. The Labute approximate surface area is 152 Å². The lowest BCUT2D eigenvalue weighted by Crippen LogP contribution is -2.31. The Morgan fingerprint density at radius 1 is 1.28 bits per heavy atom. The summed E-state index contributed by atoms with van der Waals surface area (Å²) in [5.41, 5.74) is 5.03. The second-order valence-corrected chi connectivity index (χ2v) is 8.57. The van der Waals surface area contributed by atoms with Crippen molar-refractivity contribution in [3.8, 4) is 10.7 Å². The highest BCUT2D eigenvalue weighted by atomic mass is 32.1.